The second-order valence-corrected chi connectivity index (χ2v) is 7.75. The first-order valence-electron chi connectivity index (χ1n) is 9.99. The SMILES string of the molecule is C[C@@H]1CN(Cc2ccc(F)cc2)[C@@H](C)CN1C(=O)COc1cc([N+](=O)[O-])ccc1[N+](=O)[O-]. The van der Waals surface area contributed by atoms with Gasteiger partial charge < -0.3 is 9.64 Å². The van der Waals surface area contributed by atoms with Crippen LogP contribution in [0, 0.1) is 26.0 Å². The van der Waals surface area contributed by atoms with E-state index in [1.54, 1.807) is 17.0 Å². The van der Waals surface area contributed by atoms with Crippen molar-refractivity contribution in [1.82, 2.24) is 9.80 Å². The molecule has 1 amide bonds. The van der Waals surface area contributed by atoms with E-state index in [1.165, 1.54) is 12.1 Å². The van der Waals surface area contributed by atoms with Crippen molar-refractivity contribution in [2.45, 2.75) is 32.5 Å². The van der Waals surface area contributed by atoms with E-state index in [0.29, 0.717) is 19.6 Å². The summed E-state index contributed by atoms with van der Waals surface area (Å²) in [5.41, 5.74) is 0.148. The second-order valence-electron chi connectivity index (χ2n) is 7.75. The maximum atomic E-state index is 13.1. The topological polar surface area (TPSA) is 119 Å². The van der Waals surface area contributed by atoms with E-state index in [0.717, 1.165) is 23.8 Å². The number of rotatable bonds is 7. The number of nitro groups is 2. The summed E-state index contributed by atoms with van der Waals surface area (Å²) in [4.78, 5) is 37.3. The van der Waals surface area contributed by atoms with Gasteiger partial charge >= 0.3 is 5.69 Å². The minimum Gasteiger partial charge on any atom is -0.477 e. The molecule has 2 aromatic carbocycles. The summed E-state index contributed by atoms with van der Waals surface area (Å²) in [5, 5.41) is 22.1. The number of hydrogen-bond donors (Lipinski definition) is 0. The number of nitrogens with zero attached hydrogens (tertiary/aromatic N) is 4. The number of non-ortho nitro benzene ring substituents is 1. The molecule has 0 bridgehead atoms. The predicted molar refractivity (Wildman–Crippen MR) is 113 cm³/mol. The number of benzene rings is 2. The fourth-order valence-electron chi connectivity index (χ4n) is 3.70. The average molecular weight is 446 g/mol. The molecule has 10 nitrogen and oxygen atoms in total. The lowest BCUT2D eigenvalue weighted by Crippen LogP contribution is -2.58. The number of piperazine rings is 1. The Morgan fingerprint density at radius 2 is 1.75 bits per heavy atom. The summed E-state index contributed by atoms with van der Waals surface area (Å²) in [6.07, 6.45) is 0. The molecule has 1 saturated heterocycles. The summed E-state index contributed by atoms with van der Waals surface area (Å²) < 4.78 is 18.5. The van der Waals surface area contributed by atoms with Gasteiger partial charge in [0.2, 0.25) is 5.75 Å². The second kappa shape index (κ2) is 9.69. The lowest BCUT2D eigenvalue weighted by molar-refractivity contribution is -0.389. The monoisotopic (exact) mass is 446 g/mol. The number of ether oxygens (including phenoxy) is 1. The van der Waals surface area contributed by atoms with Crippen LogP contribution in [0.5, 0.6) is 5.75 Å². The first-order chi connectivity index (χ1) is 15.2. The third-order valence-corrected chi connectivity index (χ3v) is 5.44. The van der Waals surface area contributed by atoms with E-state index in [9.17, 15) is 29.4 Å². The van der Waals surface area contributed by atoms with Gasteiger partial charge in [0.1, 0.15) is 5.82 Å². The zero-order chi connectivity index (χ0) is 23.4. The fraction of sp³-hybridized carbons (Fsp3) is 0.381. The minimum atomic E-state index is -0.720. The molecule has 1 heterocycles. The molecule has 1 aliphatic heterocycles. The average Bonchev–Trinajstić information content (AvgIpc) is 2.75. The Balaban J connectivity index is 1.64. The van der Waals surface area contributed by atoms with Gasteiger partial charge in [-0.25, -0.2) is 4.39 Å². The first-order valence-corrected chi connectivity index (χ1v) is 9.99. The fourth-order valence-corrected chi connectivity index (χ4v) is 3.70. The highest BCUT2D eigenvalue weighted by atomic mass is 19.1. The van der Waals surface area contributed by atoms with Gasteiger partial charge in [0.05, 0.1) is 15.9 Å². The van der Waals surface area contributed by atoms with Gasteiger partial charge in [-0.2, -0.15) is 0 Å². The van der Waals surface area contributed by atoms with Crippen molar-refractivity contribution in [3.05, 3.63) is 74.1 Å². The predicted octanol–water partition coefficient (Wildman–Crippen LogP) is 3.14. The van der Waals surface area contributed by atoms with Crippen LogP contribution in [0.25, 0.3) is 0 Å². The van der Waals surface area contributed by atoms with Gasteiger partial charge in [0.15, 0.2) is 6.61 Å². The molecular weight excluding hydrogens is 423 g/mol. The van der Waals surface area contributed by atoms with Crippen LogP contribution in [0.2, 0.25) is 0 Å². The lowest BCUT2D eigenvalue weighted by atomic mass is 10.1. The molecule has 1 aliphatic rings. The van der Waals surface area contributed by atoms with Crippen molar-refractivity contribution in [1.29, 1.82) is 0 Å². The van der Waals surface area contributed by atoms with Crippen LogP contribution < -0.4 is 4.74 Å². The Morgan fingerprint density at radius 3 is 2.38 bits per heavy atom. The van der Waals surface area contributed by atoms with Crippen LogP contribution in [0.3, 0.4) is 0 Å². The Hall–Kier alpha value is -3.60. The standard InChI is InChI=1S/C21H23FN4O6/c1-14-11-24(15(2)10-23(14)12-16-3-5-17(22)6-4-16)21(27)13-32-20-9-18(25(28)29)7-8-19(20)26(30)31/h3-9,14-15H,10-13H2,1-2H3/t14-,15+/m0/s1. The first kappa shape index (κ1) is 23.1. The van der Waals surface area contributed by atoms with Crippen molar-refractivity contribution in [2.75, 3.05) is 19.7 Å². The molecule has 2 aromatic rings. The third-order valence-electron chi connectivity index (χ3n) is 5.44. The summed E-state index contributed by atoms with van der Waals surface area (Å²) in [5.74, 6) is -0.991. The van der Waals surface area contributed by atoms with Crippen molar-refractivity contribution in [3.63, 3.8) is 0 Å². The molecule has 0 radical (unpaired) electrons. The summed E-state index contributed by atoms with van der Waals surface area (Å²) >= 11 is 0. The Morgan fingerprint density at radius 1 is 1.06 bits per heavy atom. The van der Waals surface area contributed by atoms with Crippen LogP contribution in [0.1, 0.15) is 19.4 Å². The molecule has 0 aromatic heterocycles. The zero-order valence-corrected chi connectivity index (χ0v) is 17.6. The Bertz CT molecular complexity index is 1020. The van der Waals surface area contributed by atoms with E-state index in [2.05, 4.69) is 4.90 Å². The highest BCUT2D eigenvalue weighted by Gasteiger charge is 2.32. The van der Waals surface area contributed by atoms with Gasteiger partial charge in [-0.15, -0.1) is 0 Å². The van der Waals surface area contributed by atoms with Crippen LogP contribution >= 0.6 is 0 Å². The molecule has 1 fully saturated rings. The molecule has 0 N–H and O–H groups in total. The molecule has 0 unspecified atom stereocenters. The normalized spacial score (nSPS) is 18.9. The van der Waals surface area contributed by atoms with E-state index < -0.39 is 22.1 Å². The minimum absolute atomic E-state index is 0.0207. The summed E-state index contributed by atoms with van der Waals surface area (Å²) in [6, 6.07) is 9.08. The molecule has 0 spiro atoms. The molecule has 0 saturated carbocycles. The molecule has 0 aliphatic carbocycles. The quantitative estimate of drug-likeness (QED) is 0.473. The molecular formula is C21H23FN4O6. The van der Waals surface area contributed by atoms with Crippen LogP contribution in [-0.2, 0) is 11.3 Å². The van der Waals surface area contributed by atoms with Crippen molar-refractivity contribution >= 4 is 17.3 Å². The van der Waals surface area contributed by atoms with Crippen LogP contribution in [-0.4, -0.2) is 57.3 Å². The zero-order valence-electron chi connectivity index (χ0n) is 17.6. The number of hydrogen-bond acceptors (Lipinski definition) is 7. The van der Waals surface area contributed by atoms with E-state index in [1.807, 2.05) is 13.8 Å². The summed E-state index contributed by atoms with van der Waals surface area (Å²) in [6.45, 7) is 5.00. The molecule has 11 heteroatoms. The van der Waals surface area contributed by atoms with Crippen LogP contribution in [0.15, 0.2) is 42.5 Å². The Labute approximate surface area is 183 Å². The van der Waals surface area contributed by atoms with Gasteiger partial charge in [-0.3, -0.25) is 29.9 Å². The smallest absolute Gasteiger partial charge is 0.311 e. The number of carbonyl (C=O) groups excluding carboxylic acids is 1. The number of halogens is 1. The highest BCUT2D eigenvalue weighted by Crippen LogP contribution is 2.31. The number of amides is 1. The largest absolute Gasteiger partial charge is 0.477 e. The van der Waals surface area contributed by atoms with Crippen LogP contribution in [0.4, 0.5) is 15.8 Å². The number of nitro benzene ring substituents is 2. The van der Waals surface area contributed by atoms with Gasteiger partial charge in [-0.05, 0) is 31.5 Å². The van der Waals surface area contributed by atoms with Crippen molar-refractivity contribution in [2.24, 2.45) is 0 Å². The summed E-state index contributed by atoms with van der Waals surface area (Å²) in [7, 11) is 0. The molecule has 3 rings (SSSR count). The van der Waals surface area contributed by atoms with Gasteiger partial charge in [-0.1, -0.05) is 12.1 Å². The van der Waals surface area contributed by atoms with E-state index in [4.69, 9.17) is 4.74 Å². The Kier molecular flexibility index (Phi) is 6.98. The van der Waals surface area contributed by atoms with Gasteiger partial charge in [0.25, 0.3) is 11.6 Å². The molecule has 32 heavy (non-hydrogen) atoms. The molecule has 170 valence electrons. The maximum absolute atomic E-state index is 13.1. The third kappa shape index (κ3) is 5.35. The maximum Gasteiger partial charge on any atom is 0.311 e. The number of carbonyl (C=O) groups is 1. The van der Waals surface area contributed by atoms with Gasteiger partial charge in [0, 0.05) is 43.9 Å². The molecule has 2 atom stereocenters. The van der Waals surface area contributed by atoms with Crippen molar-refractivity contribution in [3.8, 4) is 5.75 Å². The van der Waals surface area contributed by atoms with Crippen molar-refractivity contribution < 1.29 is 23.8 Å². The van der Waals surface area contributed by atoms with E-state index >= 15 is 0 Å². The lowest BCUT2D eigenvalue weighted by Gasteiger charge is -2.44. The highest BCUT2D eigenvalue weighted by molar-refractivity contribution is 5.78. The van der Waals surface area contributed by atoms with E-state index in [-0.39, 0.29) is 35.2 Å².